The molecule has 8 heteroatoms. The fraction of sp³-hybridized carbons (Fsp3) is 0.278. The minimum absolute atomic E-state index is 0.0788. The van der Waals surface area contributed by atoms with E-state index in [0.29, 0.717) is 5.69 Å². The second-order valence-corrected chi connectivity index (χ2v) is 13.0. The molecule has 4 rings (SSSR count). The third-order valence-electron chi connectivity index (χ3n) is 7.77. The van der Waals surface area contributed by atoms with E-state index < -0.39 is 28.5 Å². The predicted molar refractivity (Wildman–Crippen MR) is 176 cm³/mol. The fourth-order valence-electron chi connectivity index (χ4n) is 5.00. The molecule has 0 bridgehead atoms. The number of nitrogens with one attached hydrogen (secondary N) is 1. The second-order valence-electron chi connectivity index (χ2n) is 11.1. The van der Waals surface area contributed by atoms with Crippen molar-refractivity contribution in [2.75, 3.05) is 10.8 Å². The number of nitrogens with zero attached hydrogens (tertiary/aromatic N) is 2. The lowest BCUT2D eigenvalue weighted by molar-refractivity contribution is -0.140. The SMILES string of the molecule is CC[C@H](C)NC(=O)[C@@H](Cc1ccccc1)N(Cc1ccccc1C)C(=O)CN(c1cccc(C)c1)S(=O)(=O)c1ccccc1. The standard InChI is InChI=1S/C36H41N3O4S/c1-5-29(4)37-36(41)34(24-30-17-8-6-9-18-30)38(25-31-19-13-12-16-28(31)3)35(40)26-39(32-20-14-15-27(2)23-32)44(42,43)33-21-10-7-11-22-33/h6-23,29,34H,5,24-26H2,1-4H3,(H,37,41)/t29-,34+/m0/s1. The molecule has 0 spiro atoms. The topological polar surface area (TPSA) is 86.8 Å². The molecular formula is C36H41N3O4S. The van der Waals surface area contributed by atoms with Crippen molar-refractivity contribution < 1.29 is 18.0 Å². The summed E-state index contributed by atoms with van der Waals surface area (Å²) < 4.78 is 29.3. The molecule has 0 saturated heterocycles. The van der Waals surface area contributed by atoms with E-state index in [-0.39, 0.29) is 29.8 Å². The maximum atomic E-state index is 14.5. The van der Waals surface area contributed by atoms with Crippen LogP contribution in [0.4, 0.5) is 5.69 Å². The number of sulfonamides is 1. The van der Waals surface area contributed by atoms with E-state index in [4.69, 9.17) is 0 Å². The van der Waals surface area contributed by atoms with Crippen LogP contribution < -0.4 is 9.62 Å². The van der Waals surface area contributed by atoms with Crippen LogP contribution in [0.15, 0.2) is 114 Å². The first kappa shape index (κ1) is 32.5. The Labute approximate surface area is 261 Å². The molecule has 2 amide bonds. The fourth-order valence-corrected chi connectivity index (χ4v) is 6.42. The largest absolute Gasteiger partial charge is 0.352 e. The Kier molecular flexibility index (Phi) is 11.0. The van der Waals surface area contributed by atoms with E-state index in [2.05, 4.69) is 5.32 Å². The highest BCUT2D eigenvalue weighted by molar-refractivity contribution is 7.92. The Hall–Kier alpha value is -4.43. The normalized spacial score (nSPS) is 12.6. The van der Waals surface area contributed by atoms with Crippen LogP contribution in [0.5, 0.6) is 0 Å². The zero-order valence-electron chi connectivity index (χ0n) is 25.8. The summed E-state index contributed by atoms with van der Waals surface area (Å²) in [6.07, 6.45) is 1.00. The number of carbonyl (C=O) groups excluding carboxylic acids is 2. The van der Waals surface area contributed by atoms with Crippen molar-refractivity contribution in [1.29, 1.82) is 0 Å². The van der Waals surface area contributed by atoms with Gasteiger partial charge in [0.1, 0.15) is 12.6 Å². The lowest BCUT2D eigenvalue weighted by Crippen LogP contribution is -2.54. The maximum Gasteiger partial charge on any atom is 0.264 e. The van der Waals surface area contributed by atoms with Crippen LogP contribution >= 0.6 is 0 Å². The number of rotatable bonds is 13. The van der Waals surface area contributed by atoms with Crippen molar-refractivity contribution in [2.24, 2.45) is 0 Å². The number of amides is 2. The Balaban J connectivity index is 1.81. The lowest BCUT2D eigenvalue weighted by atomic mass is 10.0. The van der Waals surface area contributed by atoms with Gasteiger partial charge >= 0.3 is 0 Å². The first-order valence-corrected chi connectivity index (χ1v) is 16.4. The predicted octanol–water partition coefficient (Wildman–Crippen LogP) is 6.05. The van der Waals surface area contributed by atoms with Crippen molar-refractivity contribution in [1.82, 2.24) is 10.2 Å². The van der Waals surface area contributed by atoms with Gasteiger partial charge in [0.25, 0.3) is 10.0 Å². The van der Waals surface area contributed by atoms with Gasteiger partial charge in [-0.25, -0.2) is 8.42 Å². The number of hydrogen-bond acceptors (Lipinski definition) is 4. The van der Waals surface area contributed by atoms with Crippen LogP contribution in [0.3, 0.4) is 0 Å². The molecular weight excluding hydrogens is 570 g/mol. The molecule has 0 heterocycles. The van der Waals surface area contributed by atoms with Crippen molar-refractivity contribution in [3.63, 3.8) is 0 Å². The van der Waals surface area contributed by atoms with Gasteiger partial charge in [-0.1, -0.05) is 91.9 Å². The molecule has 0 aliphatic carbocycles. The van der Waals surface area contributed by atoms with Crippen molar-refractivity contribution in [3.05, 3.63) is 131 Å². The molecule has 1 N–H and O–H groups in total. The third-order valence-corrected chi connectivity index (χ3v) is 9.56. The van der Waals surface area contributed by atoms with Crippen LogP contribution in [0, 0.1) is 13.8 Å². The molecule has 0 aliphatic rings. The van der Waals surface area contributed by atoms with Crippen molar-refractivity contribution in [3.8, 4) is 0 Å². The molecule has 0 unspecified atom stereocenters. The van der Waals surface area contributed by atoms with Crippen LogP contribution in [-0.2, 0) is 32.6 Å². The summed E-state index contributed by atoms with van der Waals surface area (Å²) in [4.78, 5) is 30.1. The summed E-state index contributed by atoms with van der Waals surface area (Å²) in [5, 5.41) is 3.07. The van der Waals surface area contributed by atoms with Gasteiger partial charge < -0.3 is 10.2 Å². The lowest BCUT2D eigenvalue weighted by Gasteiger charge is -2.34. The number of carbonyl (C=O) groups is 2. The molecule has 4 aromatic rings. The summed E-state index contributed by atoms with van der Waals surface area (Å²) in [5.41, 5.74) is 3.98. The van der Waals surface area contributed by atoms with Gasteiger partial charge in [-0.2, -0.15) is 0 Å². The van der Waals surface area contributed by atoms with Gasteiger partial charge in [0, 0.05) is 19.0 Å². The quantitative estimate of drug-likeness (QED) is 0.199. The highest BCUT2D eigenvalue weighted by Crippen LogP contribution is 2.26. The maximum absolute atomic E-state index is 14.5. The monoisotopic (exact) mass is 611 g/mol. The Morgan fingerprint density at radius 2 is 1.45 bits per heavy atom. The summed E-state index contributed by atoms with van der Waals surface area (Å²) in [7, 11) is -4.12. The zero-order valence-corrected chi connectivity index (χ0v) is 26.6. The third kappa shape index (κ3) is 8.14. The molecule has 0 radical (unpaired) electrons. The average Bonchev–Trinajstić information content (AvgIpc) is 3.03. The number of anilines is 1. The van der Waals surface area contributed by atoms with Crippen LogP contribution in [-0.4, -0.2) is 43.8 Å². The second kappa shape index (κ2) is 14.8. The average molecular weight is 612 g/mol. The smallest absolute Gasteiger partial charge is 0.264 e. The molecule has 0 aromatic heterocycles. The first-order valence-electron chi connectivity index (χ1n) is 14.9. The summed E-state index contributed by atoms with van der Waals surface area (Å²) in [6, 6.07) is 31.5. The molecule has 0 fully saturated rings. The van der Waals surface area contributed by atoms with Gasteiger partial charge in [0.15, 0.2) is 0 Å². The molecule has 44 heavy (non-hydrogen) atoms. The van der Waals surface area contributed by atoms with Crippen LogP contribution in [0.1, 0.15) is 42.5 Å². The Morgan fingerprint density at radius 1 is 0.818 bits per heavy atom. The molecule has 2 atom stereocenters. The van der Waals surface area contributed by atoms with Crippen molar-refractivity contribution >= 4 is 27.5 Å². The van der Waals surface area contributed by atoms with Gasteiger partial charge in [-0.05, 0) is 73.7 Å². The summed E-state index contributed by atoms with van der Waals surface area (Å²) >= 11 is 0. The van der Waals surface area contributed by atoms with E-state index in [1.54, 1.807) is 36.4 Å². The Bertz CT molecular complexity index is 1660. The summed E-state index contributed by atoms with van der Waals surface area (Å²) in [6.45, 7) is 7.41. The molecule has 0 aliphatic heterocycles. The van der Waals surface area contributed by atoms with Gasteiger partial charge in [0.2, 0.25) is 11.8 Å². The molecule has 4 aromatic carbocycles. The minimum atomic E-state index is -4.12. The summed E-state index contributed by atoms with van der Waals surface area (Å²) in [5.74, 6) is -0.757. The van der Waals surface area contributed by atoms with E-state index in [0.717, 1.165) is 33.0 Å². The minimum Gasteiger partial charge on any atom is -0.352 e. The van der Waals surface area contributed by atoms with Crippen LogP contribution in [0.2, 0.25) is 0 Å². The first-order chi connectivity index (χ1) is 21.1. The van der Waals surface area contributed by atoms with E-state index in [1.165, 1.54) is 17.0 Å². The van der Waals surface area contributed by atoms with Gasteiger partial charge in [-0.3, -0.25) is 13.9 Å². The van der Waals surface area contributed by atoms with Gasteiger partial charge in [-0.15, -0.1) is 0 Å². The van der Waals surface area contributed by atoms with Crippen LogP contribution in [0.25, 0.3) is 0 Å². The number of aryl methyl sites for hydroxylation is 2. The molecule has 0 saturated carbocycles. The highest BCUT2D eigenvalue weighted by atomic mass is 32.2. The molecule has 7 nitrogen and oxygen atoms in total. The molecule has 230 valence electrons. The number of hydrogen-bond donors (Lipinski definition) is 1. The van der Waals surface area contributed by atoms with E-state index in [9.17, 15) is 18.0 Å². The van der Waals surface area contributed by atoms with Gasteiger partial charge in [0.05, 0.1) is 10.6 Å². The van der Waals surface area contributed by atoms with E-state index in [1.807, 2.05) is 88.4 Å². The highest BCUT2D eigenvalue weighted by Gasteiger charge is 2.35. The zero-order chi connectivity index (χ0) is 31.7. The van der Waals surface area contributed by atoms with Crippen molar-refractivity contribution in [2.45, 2.75) is 64.1 Å². The Morgan fingerprint density at radius 3 is 2.09 bits per heavy atom. The van der Waals surface area contributed by atoms with E-state index >= 15 is 0 Å². The number of benzene rings is 4.